The maximum atomic E-state index is 12.5. The van der Waals surface area contributed by atoms with Crippen molar-refractivity contribution in [3.63, 3.8) is 0 Å². The quantitative estimate of drug-likeness (QED) is 0.877. The Morgan fingerprint density at radius 2 is 2.05 bits per heavy atom. The largest absolute Gasteiger partial charge is 0.466 e. The summed E-state index contributed by atoms with van der Waals surface area (Å²) in [5, 5.41) is 3.41. The van der Waals surface area contributed by atoms with Crippen LogP contribution in [0.1, 0.15) is 28.3 Å². The number of carbonyl (C=O) groups is 1. The Morgan fingerprint density at radius 3 is 2.60 bits per heavy atom. The molecular formula is C15H23N3O2. The third-order valence-corrected chi connectivity index (χ3v) is 4.42. The number of amides is 1. The highest BCUT2D eigenvalue weighted by Gasteiger charge is 2.29. The first-order valence-electron chi connectivity index (χ1n) is 7.46. The van der Waals surface area contributed by atoms with E-state index in [-0.39, 0.29) is 5.91 Å². The lowest BCUT2D eigenvalue weighted by atomic mass is 10.1. The molecule has 0 bridgehead atoms. The Balaban J connectivity index is 1.60. The van der Waals surface area contributed by atoms with E-state index in [1.807, 2.05) is 24.8 Å². The van der Waals surface area contributed by atoms with Crippen LogP contribution in [0.5, 0.6) is 0 Å². The van der Waals surface area contributed by atoms with E-state index in [1.165, 1.54) is 6.42 Å². The van der Waals surface area contributed by atoms with E-state index in [1.54, 1.807) is 0 Å². The number of nitrogens with zero attached hydrogens (tertiary/aromatic N) is 2. The van der Waals surface area contributed by atoms with Gasteiger partial charge in [-0.3, -0.25) is 9.69 Å². The van der Waals surface area contributed by atoms with Gasteiger partial charge >= 0.3 is 0 Å². The second kappa shape index (κ2) is 5.58. The van der Waals surface area contributed by atoms with E-state index in [4.69, 9.17) is 4.42 Å². The fourth-order valence-electron chi connectivity index (χ4n) is 3.25. The molecule has 2 fully saturated rings. The van der Waals surface area contributed by atoms with Gasteiger partial charge in [-0.05, 0) is 32.9 Å². The van der Waals surface area contributed by atoms with Crippen molar-refractivity contribution in [2.24, 2.45) is 0 Å². The first kappa shape index (κ1) is 13.6. The van der Waals surface area contributed by atoms with Crippen LogP contribution in [0.2, 0.25) is 0 Å². The van der Waals surface area contributed by atoms with Gasteiger partial charge in [0.05, 0.1) is 5.56 Å². The van der Waals surface area contributed by atoms with Crippen molar-refractivity contribution >= 4 is 5.91 Å². The van der Waals surface area contributed by atoms with Crippen LogP contribution in [0.4, 0.5) is 0 Å². The van der Waals surface area contributed by atoms with Gasteiger partial charge in [-0.1, -0.05) is 0 Å². The molecule has 3 rings (SSSR count). The summed E-state index contributed by atoms with van der Waals surface area (Å²) >= 11 is 0. The van der Waals surface area contributed by atoms with Crippen molar-refractivity contribution in [2.75, 3.05) is 39.3 Å². The fraction of sp³-hybridized carbons (Fsp3) is 0.667. The van der Waals surface area contributed by atoms with Crippen molar-refractivity contribution in [1.82, 2.24) is 15.1 Å². The van der Waals surface area contributed by atoms with Gasteiger partial charge in [-0.15, -0.1) is 0 Å². The molecule has 3 heterocycles. The molecule has 2 aliphatic heterocycles. The van der Waals surface area contributed by atoms with Gasteiger partial charge in [-0.2, -0.15) is 0 Å². The molecule has 5 nitrogen and oxygen atoms in total. The molecule has 1 unspecified atom stereocenters. The van der Waals surface area contributed by atoms with Gasteiger partial charge in [0.15, 0.2) is 0 Å². The number of hydrogen-bond acceptors (Lipinski definition) is 4. The minimum atomic E-state index is 0.114. The third-order valence-electron chi connectivity index (χ3n) is 4.42. The van der Waals surface area contributed by atoms with Crippen LogP contribution in [0.3, 0.4) is 0 Å². The third kappa shape index (κ3) is 2.60. The number of piperazine rings is 1. The molecule has 110 valence electrons. The molecule has 2 aliphatic rings. The fourth-order valence-corrected chi connectivity index (χ4v) is 3.25. The summed E-state index contributed by atoms with van der Waals surface area (Å²) in [6, 6.07) is 2.51. The van der Waals surface area contributed by atoms with Crippen LogP contribution in [-0.4, -0.2) is 61.0 Å². The van der Waals surface area contributed by atoms with Crippen molar-refractivity contribution in [1.29, 1.82) is 0 Å². The first-order chi connectivity index (χ1) is 9.65. The zero-order valence-electron chi connectivity index (χ0n) is 12.3. The smallest absolute Gasteiger partial charge is 0.257 e. The van der Waals surface area contributed by atoms with Gasteiger partial charge in [0.25, 0.3) is 5.91 Å². The maximum absolute atomic E-state index is 12.5. The highest BCUT2D eigenvalue weighted by atomic mass is 16.3. The molecule has 1 aromatic rings. The maximum Gasteiger partial charge on any atom is 0.257 e. The Bertz CT molecular complexity index is 483. The second-order valence-electron chi connectivity index (χ2n) is 5.80. The molecule has 1 aromatic heterocycles. The molecule has 2 saturated heterocycles. The van der Waals surface area contributed by atoms with Crippen molar-refractivity contribution in [3.05, 3.63) is 23.2 Å². The Kier molecular flexibility index (Phi) is 3.81. The van der Waals surface area contributed by atoms with E-state index < -0.39 is 0 Å². The first-order valence-corrected chi connectivity index (χ1v) is 7.46. The summed E-state index contributed by atoms with van der Waals surface area (Å²) in [7, 11) is 0. The minimum Gasteiger partial charge on any atom is -0.466 e. The lowest BCUT2D eigenvalue weighted by Gasteiger charge is -2.37. The molecule has 1 N–H and O–H groups in total. The van der Waals surface area contributed by atoms with Crippen molar-refractivity contribution in [2.45, 2.75) is 26.3 Å². The Hall–Kier alpha value is -1.33. The molecule has 0 spiro atoms. The normalized spacial score (nSPS) is 24.3. The van der Waals surface area contributed by atoms with E-state index >= 15 is 0 Å². The monoisotopic (exact) mass is 277 g/mol. The molecule has 0 radical (unpaired) electrons. The molecule has 20 heavy (non-hydrogen) atoms. The molecule has 0 saturated carbocycles. The summed E-state index contributed by atoms with van der Waals surface area (Å²) in [6.45, 7) is 9.56. The van der Waals surface area contributed by atoms with Crippen LogP contribution in [0, 0.1) is 13.8 Å². The lowest BCUT2D eigenvalue weighted by Crippen LogP contribution is -2.52. The molecule has 0 aliphatic carbocycles. The predicted molar refractivity (Wildman–Crippen MR) is 76.9 cm³/mol. The highest BCUT2D eigenvalue weighted by molar-refractivity contribution is 5.95. The lowest BCUT2D eigenvalue weighted by molar-refractivity contribution is 0.0582. The average Bonchev–Trinajstić information content (AvgIpc) is 3.08. The molecule has 1 atom stereocenters. The number of rotatable bonds is 2. The van der Waals surface area contributed by atoms with Gasteiger partial charge in [0, 0.05) is 38.8 Å². The number of carbonyl (C=O) groups excluding carboxylic acids is 1. The van der Waals surface area contributed by atoms with E-state index in [0.29, 0.717) is 6.04 Å². The summed E-state index contributed by atoms with van der Waals surface area (Å²) in [5.74, 6) is 1.65. The summed E-state index contributed by atoms with van der Waals surface area (Å²) in [6.07, 6.45) is 1.23. The van der Waals surface area contributed by atoms with E-state index in [2.05, 4.69) is 10.2 Å². The van der Waals surface area contributed by atoms with Crippen molar-refractivity contribution in [3.8, 4) is 0 Å². The summed E-state index contributed by atoms with van der Waals surface area (Å²) < 4.78 is 5.46. The van der Waals surface area contributed by atoms with E-state index in [0.717, 1.165) is 56.4 Å². The topological polar surface area (TPSA) is 48.7 Å². The van der Waals surface area contributed by atoms with Crippen molar-refractivity contribution < 1.29 is 9.21 Å². The van der Waals surface area contributed by atoms with Crippen LogP contribution in [0.15, 0.2) is 10.5 Å². The standard InChI is InChI=1S/C15H23N3O2/c1-11-9-14(12(2)20-11)15(19)18-7-5-17(6-8-18)13-3-4-16-10-13/h9,13,16H,3-8,10H2,1-2H3. The summed E-state index contributed by atoms with van der Waals surface area (Å²) in [4.78, 5) is 17.0. The van der Waals surface area contributed by atoms with Crippen LogP contribution in [-0.2, 0) is 0 Å². The SMILES string of the molecule is Cc1cc(C(=O)N2CCN(C3CCNC3)CC2)c(C)o1. The van der Waals surface area contributed by atoms with Gasteiger partial charge in [0.2, 0.25) is 0 Å². The highest BCUT2D eigenvalue weighted by Crippen LogP contribution is 2.18. The second-order valence-corrected chi connectivity index (χ2v) is 5.80. The zero-order valence-corrected chi connectivity index (χ0v) is 12.3. The van der Waals surface area contributed by atoms with Gasteiger partial charge < -0.3 is 14.6 Å². The molecule has 1 amide bonds. The Morgan fingerprint density at radius 1 is 1.30 bits per heavy atom. The number of nitrogens with one attached hydrogen (secondary N) is 1. The minimum absolute atomic E-state index is 0.114. The van der Waals surface area contributed by atoms with Crippen LogP contribution >= 0.6 is 0 Å². The van der Waals surface area contributed by atoms with Gasteiger partial charge in [-0.25, -0.2) is 0 Å². The molecular weight excluding hydrogens is 254 g/mol. The predicted octanol–water partition coefficient (Wildman–Crippen LogP) is 1.02. The summed E-state index contributed by atoms with van der Waals surface area (Å²) in [5.41, 5.74) is 0.721. The number of furan rings is 1. The van der Waals surface area contributed by atoms with Gasteiger partial charge in [0.1, 0.15) is 11.5 Å². The van der Waals surface area contributed by atoms with E-state index in [9.17, 15) is 4.79 Å². The van der Waals surface area contributed by atoms with Crippen LogP contribution in [0.25, 0.3) is 0 Å². The number of hydrogen-bond donors (Lipinski definition) is 1. The molecule has 0 aromatic carbocycles. The Labute approximate surface area is 119 Å². The van der Waals surface area contributed by atoms with Crippen LogP contribution < -0.4 is 5.32 Å². The average molecular weight is 277 g/mol. The molecule has 5 heteroatoms. The number of aryl methyl sites for hydroxylation is 2. The zero-order chi connectivity index (χ0) is 14.1.